The lowest BCUT2D eigenvalue weighted by atomic mass is 10.2. The summed E-state index contributed by atoms with van der Waals surface area (Å²) in [6.07, 6.45) is 3.26. The lowest BCUT2D eigenvalue weighted by Crippen LogP contribution is -2.27. The van der Waals surface area contributed by atoms with Gasteiger partial charge in [-0.05, 0) is 24.6 Å². The molecular weight excluding hydrogens is 264 g/mol. The number of anilines is 1. The van der Waals surface area contributed by atoms with E-state index in [2.05, 4.69) is 14.9 Å². The molecule has 1 aromatic carbocycles. The van der Waals surface area contributed by atoms with Gasteiger partial charge in [0.2, 0.25) is 10.0 Å². The maximum atomic E-state index is 12.0. The van der Waals surface area contributed by atoms with Crippen LogP contribution in [0.2, 0.25) is 0 Å². The van der Waals surface area contributed by atoms with Gasteiger partial charge in [-0.1, -0.05) is 12.1 Å². The Hall–Kier alpha value is -1.86. The first-order chi connectivity index (χ1) is 8.96. The topological polar surface area (TPSA) is 101 Å². The van der Waals surface area contributed by atoms with Gasteiger partial charge in [0.1, 0.15) is 0 Å². The largest absolute Gasteiger partial charge is 0.399 e. The predicted molar refractivity (Wildman–Crippen MR) is 73.6 cm³/mol. The Morgan fingerprint density at radius 3 is 2.63 bits per heavy atom. The summed E-state index contributed by atoms with van der Waals surface area (Å²) >= 11 is 0. The molecule has 0 bridgehead atoms. The highest BCUT2D eigenvalue weighted by molar-refractivity contribution is 7.88. The number of benzene rings is 1. The maximum Gasteiger partial charge on any atom is 0.216 e. The average Bonchev–Trinajstić information content (AvgIpc) is 2.85. The van der Waals surface area contributed by atoms with E-state index in [1.807, 2.05) is 0 Å². The van der Waals surface area contributed by atoms with Gasteiger partial charge in [-0.25, -0.2) is 13.1 Å². The molecule has 7 heteroatoms. The molecule has 0 amide bonds. The molecule has 1 aromatic heterocycles. The van der Waals surface area contributed by atoms with E-state index in [0.717, 1.165) is 5.56 Å². The Morgan fingerprint density at radius 2 is 2.05 bits per heavy atom. The van der Waals surface area contributed by atoms with Crippen molar-refractivity contribution < 1.29 is 8.42 Å². The summed E-state index contributed by atoms with van der Waals surface area (Å²) in [6, 6.07) is 6.46. The van der Waals surface area contributed by atoms with E-state index >= 15 is 0 Å². The van der Waals surface area contributed by atoms with Crippen LogP contribution < -0.4 is 10.5 Å². The van der Waals surface area contributed by atoms with Crippen LogP contribution in [0.4, 0.5) is 5.69 Å². The third-order valence-electron chi connectivity index (χ3n) is 2.71. The highest BCUT2D eigenvalue weighted by atomic mass is 32.2. The number of H-pyrrole nitrogens is 1. The van der Waals surface area contributed by atoms with E-state index in [-0.39, 0.29) is 11.8 Å². The molecule has 19 heavy (non-hydrogen) atoms. The standard InChI is InChI=1S/C12H16N4O2S/c1-9(11-6-14-15-7-11)16-19(17,18)8-10-2-4-12(13)5-3-10/h2-7,9,16H,8,13H2,1H3,(H,14,15). The molecule has 2 rings (SSSR count). The second-order valence-corrected chi connectivity index (χ2v) is 6.13. The van der Waals surface area contributed by atoms with Crippen LogP contribution in [0.25, 0.3) is 0 Å². The van der Waals surface area contributed by atoms with Crippen molar-refractivity contribution in [3.05, 3.63) is 47.8 Å². The van der Waals surface area contributed by atoms with Crippen molar-refractivity contribution in [1.82, 2.24) is 14.9 Å². The fourth-order valence-corrected chi connectivity index (χ4v) is 3.10. The number of rotatable bonds is 5. The zero-order valence-corrected chi connectivity index (χ0v) is 11.3. The number of nitrogens with two attached hydrogens (primary N) is 1. The van der Waals surface area contributed by atoms with Crippen LogP contribution in [0.15, 0.2) is 36.7 Å². The van der Waals surface area contributed by atoms with Crippen molar-refractivity contribution in [2.45, 2.75) is 18.7 Å². The predicted octanol–water partition coefficient (Wildman–Crippen LogP) is 1.17. The van der Waals surface area contributed by atoms with Crippen LogP contribution in [-0.2, 0) is 15.8 Å². The molecule has 0 fully saturated rings. The summed E-state index contributed by atoms with van der Waals surface area (Å²) in [5.41, 5.74) is 7.66. The lowest BCUT2D eigenvalue weighted by molar-refractivity contribution is 0.566. The highest BCUT2D eigenvalue weighted by Gasteiger charge is 2.17. The zero-order valence-electron chi connectivity index (χ0n) is 10.5. The third-order valence-corrected chi connectivity index (χ3v) is 4.14. The number of nitrogens with one attached hydrogen (secondary N) is 2. The number of hydrogen-bond donors (Lipinski definition) is 3. The van der Waals surface area contributed by atoms with Crippen LogP contribution in [0.5, 0.6) is 0 Å². The smallest absolute Gasteiger partial charge is 0.216 e. The molecule has 0 aliphatic heterocycles. The van der Waals surface area contributed by atoms with Crippen LogP contribution in [0.3, 0.4) is 0 Å². The lowest BCUT2D eigenvalue weighted by Gasteiger charge is -2.12. The molecule has 1 unspecified atom stereocenters. The molecule has 4 N–H and O–H groups in total. The molecule has 1 heterocycles. The quantitative estimate of drug-likeness (QED) is 0.716. The van der Waals surface area contributed by atoms with Crippen LogP contribution in [0.1, 0.15) is 24.1 Å². The number of nitrogen functional groups attached to an aromatic ring is 1. The number of sulfonamides is 1. The molecule has 1 atom stereocenters. The number of nitrogens with zero attached hydrogens (tertiary/aromatic N) is 1. The summed E-state index contributed by atoms with van der Waals surface area (Å²) in [5, 5.41) is 6.45. The van der Waals surface area contributed by atoms with Crippen molar-refractivity contribution in [3.63, 3.8) is 0 Å². The van der Waals surface area contributed by atoms with Crippen LogP contribution in [0, 0.1) is 0 Å². The minimum atomic E-state index is -3.41. The van der Waals surface area contributed by atoms with Gasteiger partial charge in [0, 0.05) is 23.5 Å². The van der Waals surface area contributed by atoms with Crippen LogP contribution >= 0.6 is 0 Å². The Labute approximate surface area is 112 Å². The van der Waals surface area contributed by atoms with Crippen molar-refractivity contribution in [2.24, 2.45) is 0 Å². The molecule has 6 nitrogen and oxygen atoms in total. The first-order valence-electron chi connectivity index (χ1n) is 5.79. The molecule has 0 aliphatic carbocycles. The van der Waals surface area contributed by atoms with Crippen molar-refractivity contribution in [2.75, 3.05) is 5.73 Å². The summed E-state index contributed by atoms with van der Waals surface area (Å²) in [7, 11) is -3.41. The first kappa shape index (κ1) is 13.6. The third kappa shape index (κ3) is 3.80. The zero-order chi connectivity index (χ0) is 13.9. The van der Waals surface area contributed by atoms with Gasteiger partial charge in [-0.15, -0.1) is 0 Å². The molecule has 0 spiro atoms. The second-order valence-electron chi connectivity index (χ2n) is 4.37. The summed E-state index contributed by atoms with van der Waals surface area (Å²) in [5.74, 6) is -0.0739. The summed E-state index contributed by atoms with van der Waals surface area (Å²) in [4.78, 5) is 0. The van der Waals surface area contributed by atoms with Crippen LogP contribution in [-0.4, -0.2) is 18.6 Å². The minimum Gasteiger partial charge on any atom is -0.399 e. The van der Waals surface area contributed by atoms with Gasteiger partial charge in [0.25, 0.3) is 0 Å². The number of hydrogen-bond acceptors (Lipinski definition) is 4. The molecule has 0 saturated carbocycles. The van der Waals surface area contributed by atoms with E-state index in [1.54, 1.807) is 43.6 Å². The van der Waals surface area contributed by atoms with Gasteiger partial charge in [0.15, 0.2) is 0 Å². The van der Waals surface area contributed by atoms with Gasteiger partial charge in [0.05, 0.1) is 11.9 Å². The average molecular weight is 280 g/mol. The Bertz CT molecular complexity index is 620. The molecular formula is C12H16N4O2S. The van der Waals surface area contributed by atoms with E-state index < -0.39 is 10.0 Å². The van der Waals surface area contributed by atoms with Crippen molar-refractivity contribution in [3.8, 4) is 0 Å². The number of aromatic nitrogens is 2. The monoisotopic (exact) mass is 280 g/mol. The van der Waals surface area contributed by atoms with E-state index in [9.17, 15) is 8.42 Å². The SMILES string of the molecule is CC(NS(=O)(=O)Cc1ccc(N)cc1)c1cn[nH]c1. The molecule has 102 valence electrons. The number of aromatic amines is 1. The summed E-state index contributed by atoms with van der Waals surface area (Å²) in [6.45, 7) is 1.77. The molecule has 0 saturated heterocycles. The van der Waals surface area contributed by atoms with Gasteiger partial charge >= 0.3 is 0 Å². The van der Waals surface area contributed by atoms with E-state index in [0.29, 0.717) is 11.3 Å². The Morgan fingerprint density at radius 1 is 1.37 bits per heavy atom. The van der Waals surface area contributed by atoms with E-state index in [1.165, 1.54) is 0 Å². The molecule has 2 aromatic rings. The van der Waals surface area contributed by atoms with Crippen molar-refractivity contribution >= 4 is 15.7 Å². The normalized spacial score (nSPS) is 13.3. The first-order valence-corrected chi connectivity index (χ1v) is 7.44. The molecule has 0 aliphatic rings. The maximum absolute atomic E-state index is 12.0. The fraction of sp³-hybridized carbons (Fsp3) is 0.250. The van der Waals surface area contributed by atoms with Crippen molar-refractivity contribution in [1.29, 1.82) is 0 Å². The summed E-state index contributed by atoms with van der Waals surface area (Å²) < 4.78 is 26.6. The fourth-order valence-electron chi connectivity index (χ4n) is 1.71. The van der Waals surface area contributed by atoms with Gasteiger partial charge in [-0.3, -0.25) is 5.10 Å². The van der Waals surface area contributed by atoms with E-state index in [4.69, 9.17) is 5.73 Å². The molecule has 0 radical (unpaired) electrons. The Balaban J connectivity index is 2.04. The van der Waals surface area contributed by atoms with Gasteiger partial charge < -0.3 is 5.73 Å². The Kier molecular flexibility index (Phi) is 3.87. The van der Waals surface area contributed by atoms with Gasteiger partial charge in [-0.2, -0.15) is 5.10 Å². The highest BCUT2D eigenvalue weighted by Crippen LogP contribution is 2.14. The minimum absolute atomic E-state index is 0.0739. The second kappa shape index (κ2) is 5.41.